The average molecular weight is 168 g/mol. The Balaban J connectivity index is 3.79. The molecule has 1 amide bonds. The fourth-order valence-corrected chi connectivity index (χ4v) is 0.877. The third-order valence-corrected chi connectivity index (χ3v) is 1.61. The van der Waals surface area contributed by atoms with E-state index in [2.05, 4.69) is 11.2 Å². The summed E-state index contributed by atoms with van der Waals surface area (Å²) < 4.78 is 0. The molecular formula is C9H16N2O. The van der Waals surface area contributed by atoms with Crippen LogP contribution in [0.1, 0.15) is 13.3 Å². The number of amides is 1. The molecule has 0 aliphatic heterocycles. The van der Waals surface area contributed by atoms with Crippen LogP contribution in [0, 0.1) is 12.3 Å². The molecule has 0 aromatic heterocycles. The molecule has 0 fully saturated rings. The van der Waals surface area contributed by atoms with Crippen molar-refractivity contribution in [3.8, 4) is 12.3 Å². The van der Waals surface area contributed by atoms with Gasteiger partial charge in [0.15, 0.2) is 0 Å². The Morgan fingerprint density at radius 1 is 1.67 bits per heavy atom. The molecule has 68 valence electrons. The Morgan fingerprint density at radius 2 is 2.33 bits per heavy atom. The van der Waals surface area contributed by atoms with Crippen LogP contribution in [0.5, 0.6) is 0 Å². The topological polar surface area (TPSA) is 32.3 Å². The molecule has 0 spiro atoms. The van der Waals surface area contributed by atoms with Gasteiger partial charge in [0.1, 0.15) is 0 Å². The molecule has 0 aliphatic carbocycles. The van der Waals surface area contributed by atoms with E-state index in [1.165, 1.54) is 0 Å². The monoisotopic (exact) mass is 168 g/mol. The molecule has 0 aromatic carbocycles. The van der Waals surface area contributed by atoms with Crippen LogP contribution in [0.2, 0.25) is 0 Å². The molecule has 0 unspecified atom stereocenters. The fraction of sp³-hybridized carbons (Fsp3) is 0.667. The first-order valence-electron chi connectivity index (χ1n) is 4.12. The van der Waals surface area contributed by atoms with Gasteiger partial charge in [0, 0.05) is 19.5 Å². The van der Waals surface area contributed by atoms with E-state index in [4.69, 9.17) is 6.42 Å². The minimum Gasteiger partial charge on any atom is -0.332 e. The van der Waals surface area contributed by atoms with Crippen LogP contribution >= 0.6 is 0 Å². The van der Waals surface area contributed by atoms with Crippen molar-refractivity contribution in [1.82, 2.24) is 10.2 Å². The minimum absolute atomic E-state index is 0.116. The van der Waals surface area contributed by atoms with E-state index >= 15 is 0 Å². The quantitative estimate of drug-likeness (QED) is 0.589. The van der Waals surface area contributed by atoms with Gasteiger partial charge in [-0.05, 0) is 14.0 Å². The second-order valence-corrected chi connectivity index (χ2v) is 2.47. The molecule has 0 atom stereocenters. The molecule has 3 nitrogen and oxygen atoms in total. The Hall–Kier alpha value is -1.01. The molecule has 0 aromatic rings. The molecule has 0 saturated carbocycles. The lowest BCUT2D eigenvalue weighted by atomic mass is 10.3. The van der Waals surface area contributed by atoms with Gasteiger partial charge in [0.25, 0.3) is 0 Å². The Bertz CT molecular complexity index is 172. The van der Waals surface area contributed by atoms with Crippen molar-refractivity contribution in [1.29, 1.82) is 0 Å². The van der Waals surface area contributed by atoms with Gasteiger partial charge in [-0.15, -0.1) is 6.42 Å². The standard InChI is InChI=1S/C9H16N2O/c1-4-8-11(5-2)9(12)6-7-10-3/h1,10H,5-8H2,2-3H3. The van der Waals surface area contributed by atoms with E-state index in [-0.39, 0.29) is 5.91 Å². The molecule has 0 heterocycles. The number of rotatable bonds is 5. The lowest BCUT2D eigenvalue weighted by molar-refractivity contribution is -0.130. The highest BCUT2D eigenvalue weighted by Crippen LogP contribution is 1.91. The van der Waals surface area contributed by atoms with E-state index in [0.717, 1.165) is 0 Å². The molecular weight excluding hydrogens is 152 g/mol. The lowest BCUT2D eigenvalue weighted by Gasteiger charge is -2.17. The summed E-state index contributed by atoms with van der Waals surface area (Å²) in [6.07, 6.45) is 5.63. The van der Waals surface area contributed by atoms with Crippen LogP contribution in [-0.2, 0) is 4.79 Å². The molecule has 0 radical (unpaired) electrons. The fourth-order valence-electron chi connectivity index (χ4n) is 0.877. The highest BCUT2D eigenvalue weighted by atomic mass is 16.2. The number of carbonyl (C=O) groups excluding carboxylic acids is 1. The molecule has 1 N–H and O–H groups in total. The third kappa shape index (κ3) is 3.99. The second kappa shape index (κ2) is 6.68. The SMILES string of the molecule is C#CCN(CC)C(=O)CCNC. The maximum absolute atomic E-state index is 11.3. The zero-order valence-corrected chi connectivity index (χ0v) is 7.76. The van der Waals surface area contributed by atoms with Gasteiger partial charge in [-0.1, -0.05) is 5.92 Å². The van der Waals surface area contributed by atoms with E-state index in [1.54, 1.807) is 4.90 Å². The first kappa shape index (κ1) is 11.0. The van der Waals surface area contributed by atoms with Crippen molar-refractivity contribution < 1.29 is 4.79 Å². The maximum atomic E-state index is 11.3. The van der Waals surface area contributed by atoms with Crippen molar-refractivity contribution in [3.63, 3.8) is 0 Å². The minimum atomic E-state index is 0.116. The van der Waals surface area contributed by atoms with Crippen molar-refractivity contribution in [3.05, 3.63) is 0 Å². The molecule has 0 bridgehead atoms. The van der Waals surface area contributed by atoms with Gasteiger partial charge in [-0.2, -0.15) is 0 Å². The molecule has 0 saturated heterocycles. The van der Waals surface area contributed by atoms with E-state index in [0.29, 0.717) is 26.1 Å². The normalized spacial score (nSPS) is 9.08. The van der Waals surface area contributed by atoms with E-state index in [1.807, 2.05) is 14.0 Å². The largest absolute Gasteiger partial charge is 0.332 e. The molecule has 3 heteroatoms. The number of nitrogens with one attached hydrogen (secondary N) is 1. The number of hydrogen-bond acceptors (Lipinski definition) is 2. The summed E-state index contributed by atoms with van der Waals surface area (Å²) in [6, 6.07) is 0. The Labute approximate surface area is 74.1 Å². The van der Waals surface area contributed by atoms with Gasteiger partial charge in [-0.3, -0.25) is 4.79 Å². The molecule has 0 rings (SSSR count). The predicted octanol–water partition coefficient (Wildman–Crippen LogP) is 0.0776. The van der Waals surface area contributed by atoms with Gasteiger partial charge in [0.05, 0.1) is 6.54 Å². The summed E-state index contributed by atoms with van der Waals surface area (Å²) in [6.45, 7) is 3.74. The summed E-state index contributed by atoms with van der Waals surface area (Å²) in [5.74, 6) is 2.58. The lowest BCUT2D eigenvalue weighted by Crippen LogP contribution is -2.32. The first-order chi connectivity index (χ1) is 5.76. The Morgan fingerprint density at radius 3 is 2.75 bits per heavy atom. The van der Waals surface area contributed by atoms with Gasteiger partial charge in [0.2, 0.25) is 5.91 Å². The summed E-state index contributed by atoms with van der Waals surface area (Å²) in [7, 11) is 1.82. The summed E-state index contributed by atoms with van der Waals surface area (Å²) in [5, 5.41) is 2.92. The smallest absolute Gasteiger partial charge is 0.224 e. The number of terminal acetylenes is 1. The van der Waals surface area contributed by atoms with E-state index in [9.17, 15) is 4.79 Å². The summed E-state index contributed by atoms with van der Waals surface area (Å²) in [5.41, 5.74) is 0. The van der Waals surface area contributed by atoms with Crippen molar-refractivity contribution in [2.24, 2.45) is 0 Å². The van der Waals surface area contributed by atoms with Gasteiger partial charge in [-0.25, -0.2) is 0 Å². The van der Waals surface area contributed by atoms with Crippen LogP contribution in [0.3, 0.4) is 0 Å². The molecule has 0 aliphatic rings. The highest BCUT2D eigenvalue weighted by molar-refractivity contribution is 5.76. The Kier molecular flexibility index (Phi) is 6.12. The first-order valence-corrected chi connectivity index (χ1v) is 4.12. The van der Waals surface area contributed by atoms with Gasteiger partial charge < -0.3 is 10.2 Å². The van der Waals surface area contributed by atoms with Crippen LogP contribution in [0.25, 0.3) is 0 Å². The van der Waals surface area contributed by atoms with Crippen LogP contribution in [0.4, 0.5) is 0 Å². The predicted molar refractivity (Wildman–Crippen MR) is 49.6 cm³/mol. The number of hydrogen-bond donors (Lipinski definition) is 1. The van der Waals surface area contributed by atoms with Crippen molar-refractivity contribution in [2.75, 3.05) is 26.7 Å². The number of nitrogens with zero attached hydrogens (tertiary/aromatic N) is 1. The maximum Gasteiger partial charge on any atom is 0.224 e. The van der Waals surface area contributed by atoms with Gasteiger partial charge >= 0.3 is 0 Å². The number of carbonyl (C=O) groups is 1. The molecule has 12 heavy (non-hydrogen) atoms. The summed E-state index contributed by atoms with van der Waals surface area (Å²) in [4.78, 5) is 13.0. The van der Waals surface area contributed by atoms with E-state index < -0.39 is 0 Å². The third-order valence-electron chi connectivity index (χ3n) is 1.61. The average Bonchev–Trinajstić information content (AvgIpc) is 2.10. The van der Waals surface area contributed by atoms with Crippen molar-refractivity contribution in [2.45, 2.75) is 13.3 Å². The highest BCUT2D eigenvalue weighted by Gasteiger charge is 2.08. The van der Waals surface area contributed by atoms with Crippen LogP contribution in [-0.4, -0.2) is 37.5 Å². The second-order valence-electron chi connectivity index (χ2n) is 2.47. The van der Waals surface area contributed by atoms with Crippen LogP contribution in [0.15, 0.2) is 0 Å². The van der Waals surface area contributed by atoms with Crippen LogP contribution < -0.4 is 5.32 Å². The summed E-state index contributed by atoms with van der Waals surface area (Å²) >= 11 is 0. The zero-order valence-electron chi connectivity index (χ0n) is 7.76. The van der Waals surface area contributed by atoms with Crippen molar-refractivity contribution >= 4 is 5.91 Å². The zero-order chi connectivity index (χ0) is 9.40.